The molecule has 0 saturated heterocycles. The van der Waals surface area contributed by atoms with Crippen LogP contribution in [-0.4, -0.2) is 36.3 Å². The third-order valence-electron chi connectivity index (χ3n) is 2.08. The first-order chi connectivity index (χ1) is 8.19. The van der Waals surface area contributed by atoms with Gasteiger partial charge in [0, 0.05) is 31.7 Å². The third kappa shape index (κ3) is 6.85. The molecular formula is C12H20ClN3O. The molecule has 96 valence electrons. The zero-order chi connectivity index (χ0) is 13.1. The molecule has 0 saturated carbocycles. The molecule has 0 heterocycles. The lowest BCUT2D eigenvalue weighted by Crippen LogP contribution is -2.28. The standard InChI is InChI=1S/C12H20ClN3O/c1-3-7-16(8-4-2)10-11(9-14)12(17)15-6-5-13/h10H,3-8H2,1-2H3,(H,15,17)/b11-10-. The van der Waals surface area contributed by atoms with E-state index in [9.17, 15) is 4.79 Å². The molecule has 17 heavy (non-hydrogen) atoms. The highest BCUT2D eigenvalue weighted by Gasteiger charge is 2.09. The highest BCUT2D eigenvalue weighted by atomic mass is 35.5. The first-order valence-corrected chi connectivity index (χ1v) is 6.43. The van der Waals surface area contributed by atoms with Crippen LogP contribution in [-0.2, 0) is 4.79 Å². The van der Waals surface area contributed by atoms with Gasteiger partial charge in [0.2, 0.25) is 0 Å². The van der Waals surface area contributed by atoms with Gasteiger partial charge in [-0.3, -0.25) is 4.79 Å². The molecule has 4 nitrogen and oxygen atoms in total. The molecule has 0 spiro atoms. The van der Waals surface area contributed by atoms with E-state index in [2.05, 4.69) is 19.2 Å². The third-order valence-corrected chi connectivity index (χ3v) is 2.27. The second-order valence-electron chi connectivity index (χ2n) is 3.64. The fourth-order valence-corrected chi connectivity index (χ4v) is 1.49. The molecule has 0 rings (SSSR count). The molecule has 0 aromatic rings. The Morgan fingerprint density at radius 3 is 2.41 bits per heavy atom. The van der Waals surface area contributed by atoms with Gasteiger partial charge in [0.15, 0.2) is 0 Å². The summed E-state index contributed by atoms with van der Waals surface area (Å²) < 4.78 is 0. The van der Waals surface area contributed by atoms with Crippen molar-refractivity contribution in [3.8, 4) is 6.07 Å². The van der Waals surface area contributed by atoms with Gasteiger partial charge in [-0.1, -0.05) is 13.8 Å². The van der Waals surface area contributed by atoms with Gasteiger partial charge in [0.1, 0.15) is 11.6 Å². The van der Waals surface area contributed by atoms with E-state index in [1.165, 1.54) is 0 Å². The molecule has 0 aliphatic heterocycles. The summed E-state index contributed by atoms with van der Waals surface area (Å²) in [6.07, 6.45) is 3.60. The van der Waals surface area contributed by atoms with Crippen molar-refractivity contribution in [3.63, 3.8) is 0 Å². The van der Waals surface area contributed by atoms with Crippen LogP contribution in [0.25, 0.3) is 0 Å². The number of nitrogens with one attached hydrogen (secondary N) is 1. The zero-order valence-electron chi connectivity index (χ0n) is 10.5. The van der Waals surface area contributed by atoms with E-state index < -0.39 is 0 Å². The summed E-state index contributed by atoms with van der Waals surface area (Å²) in [5, 5.41) is 11.5. The van der Waals surface area contributed by atoms with E-state index in [-0.39, 0.29) is 11.5 Å². The molecule has 0 radical (unpaired) electrons. The number of hydrogen-bond acceptors (Lipinski definition) is 3. The molecule has 1 N–H and O–H groups in total. The average Bonchev–Trinajstić information content (AvgIpc) is 2.33. The highest BCUT2D eigenvalue weighted by molar-refractivity contribution is 6.18. The van der Waals surface area contributed by atoms with Crippen molar-refractivity contribution in [1.82, 2.24) is 10.2 Å². The summed E-state index contributed by atoms with van der Waals surface area (Å²) in [7, 11) is 0. The van der Waals surface area contributed by atoms with Crippen molar-refractivity contribution in [1.29, 1.82) is 5.26 Å². The van der Waals surface area contributed by atoms with Crippen LogP contribution in [0.3, 0.4) is 0 Å². The minimum atomic E-state index is -0.356. The molecule has 0 aliphatic carbocycles. The Morgan fingerprint density at radius 2 is 2.00 bits per heavy atom. The Balaban J connectivity index is 4.58. The number of amides is 1. The number of nitrogens with zero attached hydrogens (tertiary/aromatic N) is 2. The fourth-order valence-electron chi connectivity index (χ4n) is 1.39. The molecule has 0 aliphatic rings. The van der Waals surface area contributed by atoms with E-state index in [0.29, 0.717) is 12.4 Å². The van der Waals surface area contributed by atoms with Gasteiger partial charge in [0.05, 0.1) is 0 Å². The van der Waals surface area contributed by atoms with Crippen molar-refractivity contribution < 1.29 is 4.79 Å². The number of hydrogen-bond donors (Lipinski definition) is 1. The van der Waals surface area contributed by atoms with Crippen LogP contribution in [0, 0.1) is 11.3 Å². The monoisotopic (exact) mass is 257 g/mol. The van der Waals surface area contributed by atoms with Crippen LogP contribution in [0.15, 0.2) is 11.8 Å². The predicted molar refractivity (Wildman–Crippen MR) is 69.6 cm³/mol. The average molecular weight is 258 g/mol. The van der Waals surface area contributed by atoms with Crippen molar-refractivity contribution in [2.24, 2.45) is 0 Å². The molecular weight excluding hydrogens is 238 g/mol. The Morgan fingerprint density at radius 1 is 1.41 bits per heavy atom. The Labute approximate surface area is 108 Å². The smallest absolute Gasteiger partial charge is 0.263 e. The maximum atomic E-state index is 11.6. The second kappa shape index (κ2) is 9.98. The largest absolute Gasteiger partial charge is 0.376 e. The highest BCUT2D eigenvalue weighted by Crippen LogP contribution is 2.01. The van der Waals surface area contributed by atoms with Crippen LogP contribution in [0.2, 0.25) is 0 Å². The van der Waals surface area contributed by atoms with Gasteiger partial charge in [-0.05, 0) is 12.8 Å². The molecule has 0 atom stereocenters. The molecule has 0 aromatic heterocycles. The quantitative estimate of drug-likeness (QED) is 0.410. The topological polar surface area (TPSA) is 56.1 Å². The number of rotatable bonds is 8. The van der Waals surface area contributed by atoms with Crippen LogP contribution in [0.5, 0.6) is 0 Å². The minimum absolute atomic E-state index is 0.136. The summed E-state index contributed by atoms with van der Waals surface area (Å²) in [4.78, 5) is 13.6. The molecule has 5 heteroatoms. The molecule has 0 bridgehead atoms. The summed E-state index contributed by atoms with van der Waals surface area (Å²) in [6, 6.07) is 1.92. The minimum Gasteiger partial charge on any atom is -0.376 e. The summed E-state index contributed by atoms with van der Waals surface area (Å²) in [6.45, 7) is 6.21. The first-order valence-electron chi connectivity index (χ1n) is 5.89. The van der Waals surface area contributed by atoms with Gasteiger partial charge >= 0.3 is 0 Å². The number of alkyl halides is 1. The molecule has 0 unspecified atom stereocenters. The molecule has 0 aromatic carbocycles. The van der Waals surface area contributed by atoms with Crippen LogP contribution < -0.4 is 5.32 Å². The van der Waals surface area contributed by atoms with Crippen LogP contribution >= 0.6 is 11.6 Å². The predicted octanol–water partition coefficient (Wildman–Crippen LogP) is 1.87. The zero-order valence-corrected chi connectivity index (χ0v) is 11.3. The Kier molecular flexibility index (Phi) is 9.27. The fraction of sp³-hybridized carbons (Fsp3) is 0.667. The summed E-state index contributed by atoms with van der Waals surface area (Å²) in [5.41, 5.74) is 0.136. The van der Waals surface area contributed by atoms with E-state index >= 15 is 0 Å². The van der Waals surface area contributed by atoms with Gasteiger partial charge in [0.25, 0.3) is 5.91 Å². The number of nitriles is 1. The first kappa shape index (κ1) is 15.8. The van der Waals surface area contributed by atoms with Crippen molar-refractivity contribution in [2.75, 3.05) is 25.5 Å². The van der Waals surface area contributed by atoms with Crippen LogP contribution in [0.1, 0.15) is 26.7 Å². The Hall–Kier alpha value is -1.21. The SMILES string of the molecule is CCCN(/C=C(/C#N)C(=O)NCCCl)CCC. The second-order valence-corrected chi connectivity index (χ2v) is 4.01. The van der Waals surface area contributed by atoms with E-state index in [1.54, 1.807) is 6.20 Å². The van der Waals surface area contributed by atoms with E-state index in [1.807, 2.05) is 11.0 Å². The van der Waals surface area contributed by atoms with Crippen molar-refractivity contribution in [2.45, 2.75) is 26.7 Å². The van der Waals surface area contributed by atoms with E-state index in [4.69, 9.17) is 16.9 Å². The number of carbonyl (C=O) groups excluding carboxylic acids is 1. The number of carbonyl (C=O) groups is 1. The van der Waals surface area contributed by atoms with Crippen molar-refractivity contribution >= 4 is 17.5 Å². The maximum absolute atomic E-state index is 11.6. The van der Waals surface area contributed by atoms with Crippen molar-refractivity contribution in [3.05, 3.63) is 11.8 Å². The summed E-state index contributed by atoms with van der Waals surface area (Å²) >= 11 is 5.47. The van der Waals surface area contributed by atoms with Gasteiger partial charge in [-0.15, -0.1) is 11.6 Å². The lowest BCUT2D eigenvalue weighted by Gasteiger charge is -2.19. The Bertz CT molecular complexity index is 291. The maximum Gasteiger partial charge on any atom is 0.263 e. The molecule has 0 fully saturated rings. The van der Waals surface area contributed by atoms with Gasteiger partial charge in [-0.25, -0.2) is 0 Å². The normalized spacial score (nSPS) is 10.8. The lowest BCUT2D eigenvalue weighted by molar-refractivity contribution is -0.117. The van der Waals surface area contributed by atoms with Gasteiger partial charge in [-0.2, -0.15) is 5.26 Å². The lowest BCUT2D eigenvalue weighted by atomic mass is 10.2. The van der Waals surface area contributed by atoms with E-state index in [0.717, 1.165) is 25.9 Å². The summed E-state index contributed by atoms with van der Waals surface area (Å²) in [5.74, 6) is -0.0108. The number of halogens is 1. The van der Waals surface area contributed by atoms with Crippen LogP contribution in [0.4, 0.5) is 0 Å². The molecule has 1 amide bonds. The van der Waals surface area contributed by atoms with Gasteiger partial charge < -0.3 is 10.2 Å².